The van der Waals surface area contributed by atoms with Crippen LogP contribution < -0.4 is 9.04 Å². The van der Waals surface area contributed by atoms with Crippen LogP contribution in [0.5, 0.6) is 5.75 Å². The number of sulfonamides is 1. The highest BCUT2D eigenvalue weighted by molar-refractivity contribution is 9.10. The van der Waals surface area contributed by atoms with Gasteiger partial charge in [-0.05, 0) is 53.2 Å². The molecule has 0 amide bonds. The maximum Gasteiger partial charge on any atom is 0.264 e. The number of halogens is 2. The molecule has 4 nitrogen and oxygen atoms in total. The van der Waals surface area contributed by atoms with Gasteiger partial charge in [-0.15, -0.1) is 0 Å². The van der Waals surface area contributed by atoms with Gasteiger partial charge < -0.3 is 4.74 Å². The Balaban J connectivity index is 2.52. The molecule has 0 radical (unpaired) electrons. The molecule has 0 atom stereocenters. The van der Waals surface area contributed by atoms with Crippen LogP contribution in [0.4, 0.5) is 10.1 Å². The van der Waals surface area contributed by atoms with Crippen molar-refractivity contribution in [2.24, 2.45) is 0 Å². The van der Waals surface area contributed by atoms with Gasteiger partial charge in [-0.25, -0.2) is 12.8 Å². The van der Waals surface area contributed by atoms with Crippen LogP contribution >= 0.6 is 15.9 Å². The molecule has 0 aliphatic rings. The summed E-state index contributed by atoms with van der Waals surface area (Å²) < 4.78 is 46.0. The van der Waals surface area contributed by atoms with E-state index in [0.717, 1.165) is 6.07 Å². The maximum absolute atomic E-state index is 13.8. The molecule has 0 aromatic heterocycles. The lowest BCUT2D eigenvalue weighted by molar-refractivity contribution is 0.385. The van der Waals surface area contributed by atoms with Crippen molar-refractivity contribution in [1.82, 2.24) is 0 Å². The fraction of sp³-hybridized carbons (Fsp3) is 0.200. The van der Waals surface area contributed by atoms with Gasteiger partial charge in [-0.2, -0.15) is 0 Å². The van der Waals surface area contributed by atoms with Gasteiger partial charge in [0.15, 0.2) is 11.6 Å². The van der Waals surface area contributed by atoms with Gasteiger partial charge in [-0.3, -0.25) is 4.31 Å². The quantitative estimate of drug-likeness (QED) is 0.783. The SMILES string of the molecule is CCN(c1ccccc1Br)S(=O)(=O)c1ccc(OC)c(F)c1. The van der Waals surface area contributed by atoms with Crippen LogP contribution in [0.25, 0.3) is 0 Å². The second-order valence-electron chi connectivity index (χ2n) is 4.42. The van der Waals surface area contributed by atoms with E-state index in [2.05, 4.69) is 15.9 Å². The van der Waals surface area contributed by atoms with Crippen molar-refractivity contribution in [3.63, 3.8) is 0 Å². The lowest BCUT2D eigenvalue weighted by Crippen LogP contribution is -2.31. The zero-order valence-electron chi connectivity index (χ0n) is 12.1. The Morgan fingerprint density at radius 2 is 1.91 bits per heavy atom. The molecule has 0 bridgehead atoms. The van der Waals surface area contributed by atoms with Crippen LogP contribution in [0.2, 0.25) is 0 Å². The Morgan fingerprint density at radius 3 is 2.45 bits per heavy atom. The maximum atomic E-state index is 13.8. The first kappa shape index (κ1) is 16.8. The van der Waals surface area contributed by atoms with Crippen LogP contribution in [-0.4, -0.2) is 22.1 Å². The largest absolute Gasteiger partial charge is 0.494 e. The highest BCUT2D eigenvalue weighted by Gasteiger charge is 2.26. The first-order valence-electron chi connectivity index (χ1n) is 6.52. The second-order valence-corrected chi connectivity index (χ2v) is 7.13. The Kier molecular flexibility index (Phi) is 5.08. The molecule has 0 saturated carbocycles. The summed E-state index contributed by atoms with van der Waals surface area (Å²) in [5, 5.41) is 0. The number of methoxy groups -OCH3 is 1. The van der Waals surface area contributed by atoms with Crippen LogP contribution in [0.1, 0.15) is 6.92 Å². The number of anilines is 1. The van der Waals surface area contributed by atoms with E-state index in [1.165, 1.54) is 23.5 Å². The van der Waals surface area contributed by atoms with Crippen LogP contribution in [0.15, 0.2) is 51.8 Å². The topological polar surface area (TPSA) is 46.6 Å². The van der Waals surface area contributed by atoms with Gasteiger partial charge in [0.25, 0.3) is 10.0 Å². The third kappa shape index (κ3) is 3.10. The molecule has 0 spiro atoms. The van der Waals surface area contributed by atoms with E-state index in [4.69, 9.17) is 4.74 Å². The van der Waals surface area contributed by atoms with Crippen molar-refractivity contribution >= 4 is 31.6 Å². The summed E-state index contributed by atoms with van der Waals surface area (Å²) in [4.78, 5) is -0.122. The lowest BCUT2D eigenvalue weighted by atomic mass is 10.3. The van der Waals surface area contributed by atoms with Gasteiger partial charge in [-0.1, -0.05) is 12.1 Å². The van der Waals surface area contributed by atoms with E-state index in [0.29, 0.717) is 10.2 Å². The first-order valence-corrected chi connectivity index (χ1v) is 8.76. The molecule has 2 rings (SSSR count). The van der Waals surface area contributed by atoms with E-state index in [1.54, 1.807) is 31.2 Å². The predicted octanol–water partition coefficient (Wildman–Crippen LogP) is 3.81. The van der Waals surface area contributed by atoms with Gasteiger partial charge in [0.05, 0.1) is 17.7 Å². The van der Waals surface area contributed by atoms with Gasteiger partial charge >= 0.3 is 0 Å². The molecule has 0 saturated heterocycles. The van der Waals surface area contributed by atoms with Crippen LogP contribution in [-0.2, 0) is 10.0 Å². The number of nitrogens with zero attached hydrogens (tertiary/aromatic N) is 1. The highest BCUT2D eigenvalue weighted by Crippen LogP contribution is 2.31. The number of ether oxygens (including phenoxy) is 1. The molecule has 118 valence electrons. The van der Waals surface area contributed by atoms with E-state index in [9.17, 15) is 12.8 Å². The number of rotatable bonds is 5. The molecule has 0 unspecified atom stereocenters. The van der Waals surface area contributed by atoms with Gasteiger partial charge in [0, 0.05) is 11.0 Å². The lowest BCUT2D eigenvalue weighted by Gasteiger charge is -2.24. The Bertz CT molecular complexity index is 780. The summed E-state index contributed by atoms with van der Waals surface area (Å²) in [6, 6.07) is 10.6. The van der Waals surface area contributed by atoms with E-state index in [1.807, 2.05) is 0 Å². The van der Waals surface area contributed by atoms with Crippen LogP contribution in [0, 0.1) is 5.82 Å². The second kappa shape index (κ2) is 6.66. The number of hydrogen-bond acceptors (Lipinski definition) is 3. The first-order chi connectivity index (χ1) is 10.4. The summed E-state index contributed by atoms with van der Waals surface area (Å²) in [5.41, 5.74) is 0.501. The summed E-state index contributed by atoms with van der Waals surface area (Å²) in [6.07, 6.45) is 0. The molecule has 0 aliphatic carbocycles. The molecular weight excluding hydrogens is 373 g/mol. The molecule has 0 heterocycles. The fourth-order valence-corrected chi connectivity index (χ4v) is 4.18. The van der Waals surface area contributed by atoms with E-state index < -0.39 is 15.8 Å². The van der Waals surface area contributed by atoms with Crippen molar-refractivity contribution in [3.8, 4) is 5.75 Å². The molecule has 7 heteroatoms. The Hall–Kier alpha value is -1.60. The molecule has 2 aromatic rings. The van der Waals surface area contributed by atoms with Crippen molar-refractivity contribution in [2.75, 3.05) is 18.0 Å². The molecule has 0 fully saturated rings. The number of hydrogen-bond donors (Lipinski definition) is 0. The third-order valence-corrected chi connectivity index (χ3v) is 5.68. The number of benzene rings is 2. The summed E-state index contributed by atoms with van der Waals surface area (Å²) in [7, 11) is -2.54. The Labute approximate surface area is 137 Å². The van der Waals surface area contributed by atoms with E-state index in [-0.39, 0.29) is 17.2 Å². The molecule has 0 N–H and O–H groups in total. The monoisotopic (exact) mass is 387 g/mol. The zero-order chi connectivity index (χ0) is 16.3. The standard InChI is InChI=1S/C15H15BrFNO3S/c1-3-18(14-7-5-4-6-12(14)16)22(19,20)11-8-9-15(21-2)13(17)10-11/h4-10H,3H2,1-2H3. The summed E-state index contributed by atoms with van der Waals surface area (Å²) in [5.74, 6) is -0.713. The minimum Gasteiger partial charge on any atom is -0.494 e. The minimum absolute atomic E-state index is 0.00268. The van der Waals surface area contributed by atoms with Crippen molar-refractivity contribution in [2.45, 2.75) is 11.8 Å². The summed E-state index contributed by atoms with van der Waals surface area (Å²) in [6.45, 7) is 1.94. The van der Waals surface area contributed by atoms with Crippen LogP contribution in [0.3, 0.4) is 0 Å². The number of para-hydroxylation sites is 1. The van der Waals surface area contributed by atoms with E-state index >= 15 is 0 Å². The Morgan fingerprint density at radius 1 is 1.23 bits per heavy atom. The summed E-state index contributed by atoms with van der Waals surface area (Å²) >= 11 is 3.34. The van der Waals surface area contributed by atoms with Crippen molar-refractivity contribution in [1.29, 1.82) is 0 Å². The van der Waals surface area contributed by atoms with Gasteiger partial charge in [0.2, 0.25) is 0 Å². The normalized spacial score (nSPS) is 11.3. The highest BCUT2D eigenvalue weighted by atomic mass is 79.9. The molecule has 2 aromatic carbocycles. The molecular formula is C15H15BrFNO3S. The predicted molar refractivity (Wildman–Crippen MR) is 87.3 cm³/mol. The molecule has 22 heavy (non-hydrogen) atoms. The molecule has 0 aliphatic heterocycles. The average Bonchev–Trinajstić information content (AvgIpc) is 2.49. The minimum atomic E-state index is -3.87. The zero-order valence-corrected chi connectivity index (χ0v) is 14.5. The smallest absolute Gasteiger partial charge is 0.264 e. The van der Waals surface area contributed by atoms with Crippen molar-refractivity contribution in [3.05, 3.63) is 52.8 Å². The van der Waals surface area contributed by atoms with Crippen molar-refractivity contribution < 1.29 is 17.5 Å². The fourth-order valence-electron chi connectivity index (χ4n) is 2.06. The average molecular weight is 388 g/mol. The third-order valence-electron chi connectivity index (χ3n) is 3.12. The van der Waals surface area contributed by atoms with Gasteiger partial charge in [0.1, 0.15) is 0 Å².